The van der Waals surface area contributed by atoms with E-state index in [0.29, 0.717) is 5.92 Å². The van der Waals surface area contributed by atoms with Gasteiger partial charge in [-0.05, 0) is 173 Å². The van der Waals surface area contributed by atoms with E-state index < -0.39 is 5.41 Å². The number of benzene rings is 9. The highest BCUT2D eigenvalue weighted by molar-refractivity contribution is 6.02. The van der Waals surface area contributed by atoms with Crippen LogP contribution in [0.4, 0.5) is 17.1 Å². The van der Waals surface area contributed by atoms with Crippen LogP contribution in [0.2, 0.25) is 0 Å². The van der Waals surface area contributed by atoms with Crippen molar-refractivity contribution < 1.29 is 0 Å². The molecule has 1 unspecified atom stereocenters. The third kappa shape index (κ3) is 6.69. The minimum absolute atomic E-state index is 0.163. The van der Waals surface area contributed by atoms with E-state index in [0.717, 1.165) is 16.9 Å². The molecule has 0 N–H and O–H groups in total. The molecule has 0 amide bonds. The maximum Gasteiger partial charge on any atom is 0.0686 e. The van der Waals surface area contributed by atoms with E-state index in [1.165, 1.54) is 149 Å². The zero-order valence-electron chi connectivity index (χ0n) is 44.0. The molecule has 9 aromatic rings. The second kappa shape index (κ2) is 17.0. The second-order valence-electron chi connectivity index (χ2n) is 23.1. The summed E-state index contributed by atoms with van der Waals surface area (Å²) < 4.78 is 0. The average Bonchev–Trinajstić information content (AvgIpc) is 4.12. The normalized spacial score (nSPS) is 18.1. The molecule has 1 heteroatoms. The SMILES string of the molecule is C=C(/C=C\C1=C(C)C2(c3ccccc31)c1ccccc1-c1c(N(c3ccc4c(c3)C(C)(C)c3ccccc3-4)c3ccc4c(c3)C(C)(C)c3cc(-c5ccccc5)ccc3-4)cccc12)c1ccc(C2CCCCC2)cc1. The van der Waals surface area contributed by atoms with Gasteiger partial charge in [-0.1, -0.05) is 229 Å². The van der Waals surface area contributed by atoms with Crippen molar-refractivity contribution in [2.24, 2.45) is 0 Å². The molecular formula is C74H63N. The Hall–Kier alpha value is -8.00. The van der Waals surface area contributed by atoms with E-state index in [1.807, 2.05) is 0 Å². The summed E-state index contributed by atoms with van der Waals surface area (Å²) in [5.41, 5.74) is 30.1. The van der Waals surface area contributed by atoms with Crippen LogP contribution in [-0.4, -0.2) is 0 Å². The average molecular weight is 966 g/mol. The monoisotopic (exact) mass is 965 g/mol. The third-order valence-corrected chi connectivity index (χ3v) is 18.5. The van der Waals surface area contributed by atoms with Gasteiger partial charge in [0.25, 0.3) is 0 Å². The van der Waals surface area contributed by atoms with Crippen molar-refractivity contribution in [2.75, 3.05) is 4.90 Å². The fourth-order valence-corrected chi connectivity index (χ4v) is 14.7. The summed E-state index contributed by atoms with van der Waals surface area (Å²) in [5.74, 6) is 0.686. The minimum Gasteiger partial charge on any atom is -0.310 e. The summed E-state index contributed by atoms with van der Waals surface area (Å²) in [6, 6.07) is 76.3. The van der Waals surface area contributed by atoms with Gasteiger partial charge < -0.3 is 4.90 Å². The predicted molar refractivity (Wildman–Crippen MR) is 316 cm³/mol. The van der Waals surface area contributed by atoms with Crippen molar-refractivity contribution in [3.8, 4) is 44.5 Å². The van der Waals surface area contributed by atoms with Gasteiger partial charge in [0.15, 0.2) is 0 Å². The van der Waals surface area contributed by atoms with Gasteiger partial charge in [-0.25, -0.2) is 0 Å². The Morgan fingerprint density at radius 2 is 1.00 bits per heavy atom. The summed E-state index contributed by atoms with van der Waals surface area (Å²) in [6.45, 7) is 16.7. The smallest absolute Gasteiger partial charge is 0.0686 e. The molecule has 0 radical (unpaired) electrons. The molecule has 9 aromatic carbocycles. The molecule has 1 atom stereocenters. The van der Waals surface area contributed by atoms with E-state index >= 15 is 0 Å². The summed E-state index contributed by atoms with van der Waals surface area (Å²) in [7, 11) is 0. The Balaban J connectivity index is 0.936. The quantitative estimate of drug-likeness (QED) is 0.137. The molecule has 5 aliphatic carbocycles. The first-order valence-corrected chi connectivity index (χ1v) is 27.5. The maximum atomic E-state index is 4.64. The molecule has 0 bridgehead atoms. The number of fused-ring (bicyclic) bond motifs is 13. The Morgan fingerprint density at radius 1 is 0.467 bits per heavy atom. The Labute approximate surface area is 444 Å². The van der Waals surface area contributed by atoms with Crippen molar-refractivity contribution in [1.82, 2.24) is 0 Å². The van der Waals surface area contributed by atoms with Gasteiger partial charge >= 0.3 is 0 Å². The molecule has 75 heavy (non-hydrogen) atoms. The van der Waals surface area contributed by atoms with E-state index in [2.05, 4.69) is 258 Å². The van der Waals surface area contributed by atoms with E-state index in [-0.39, 0.29) is 10.8 Å². The molecule has 0 heterocycles. The van der Waals surface area contributed by atoms with Gasteiger partial charge in [-0.2, -0.15) is 0 Å². The molecule has 5 aliphatic rings. The predicted octanol–water partition coefficient (Wildman–Crippen LogP) is 19.9. The molecule has 364 valence electrons. The summed E-state index contributed by atoms with van der Waals surface area (Å²) in [6.07, 6.45) is 11.3. The lowest BCUT2D eigenvalue weighted by atomic mass is 9.70. The van der Waals surface area contributed by atoms with Crippen molar-refractivity contribution in [3.05, 3.63) is 280 Å². The highest BCUT2D eigenvalue weighted by Gasteiger charge is 2.52. The Morgan fingerprint density at radius 3 is 1.68 bits per heavy atom. The van der Waals surface area contributed by atoms with Gasteiger partial charge in [0, 0.05) is 27.8 Å². The van der Waals surface area contributed by atoms with Crippen molar-refractivity contribution in [3.63, 3.8) is 0 Å². The van der Waals surface area contributed by atoms with Crippen LogP contribution >= 0.6 is 0 Å². The van der Waals surface area contributed by atoms with Gasteiger partial charge in [0.1, 0.15) is 0 Å². The van der Waals surface area contributed by atoms with Gasteiger partial charge in [0.2, 0.25) is 0 Å². The lowest BCUT2D eigenvalue weighted by Crippen LogP contribution is -2.26. The lowest BCUT2D eigenvalue weighted by Gasteiger charge is -2.33. The summed E-state index contributed by atoms with van der Waals surface area (Å²) >= 11 is 0. The van der Waals surface area contributed by atoms with Gasteiger partial charge in [-0.15, -0.1) is 0 Å². The van der Waals surface area contributed by atoms with Crippen LogP contribution in [0.5, 0.6) is 0 Å². The van der Waals surface area contributed by atoms with Crippen LogP contribution in [-0.2, 0) is 16.2 Å². The van der Waals surface area contributed by atoms with Crippen molar-refractivity contribution in [1.29, 1.82) is 0 Å². The van der Waals surface area contributed by atoms with Crippen LogP contribution in [0.1, 0.15) is 128 Å². The number of anilines is 3. The lowest BCUT2D eigenvalue weighted by molar-refractivity contribution is 0.443. The topological polar surface area (TPSA) is 3.24 Å². The number of hydrogen-bond donors (Lipinski definition) is 0. The zero-order chi connectivity index (χ0) is 50.8. The first-order valence-electron chi connectivity index (χ1n) is 27.5. The summed E-state index contributed by atoms with van der Waals surface area (Å²) in [4.78, 5) is 2.59. The fourth-order valence-electron chi connectivity index (χ4n) is 14.7. The van der Waals surface area contributed by atoms with Crippen molar-refractivity contribution in [2.45, 2.75) is 88.9 Å². The molecule has 0 saturated heterocycles. The molecule has 1 fully saturated rings. The van der Waals surface area contributed by atoms with E-state index in [4.69, 9.17) is 0 Å². The molecule has 0 aliphatic heterocycles. The van der Waals surface area contributed by atoms with Crippen LogP contribution < -0.4 is 4.90 Å². The Bertz CT molecular complexity index is 3890. The maximum absolute atomic E-state index is 4.64. The number of nitrogens with zero attached hydrogens (tertiary/aromatic N) is 1. The molecule has 14 rings (SSSR count). The fraction of sp³-hybridized carbons (Fsp3) is 0.189. The number of hydrogen-bond acceptors (Lipinski definition) is 1. The molecule has 0 aromatic heterocycles. The van der Waals surface area contributed by atoms with Crippen LogP contribution in [0.3, 0.4) is 0 Å². The highest BCUT2D eigenvalue weighted by atomic mass is 15.1. The first kappa shape index (κ1) is 45.6. The van der Waals surface area contributed by atoms with Crippen molar-refractivity contribution >= 4 is 28.2 Å². The number of rotatable bonds is 8. The van der Waals surface area contributed by atoms with Crippen LogP contribution in [0, 0.1) is 0 Å². The Kier molecular flexibility index (Phi) is 10.3. The van der Waals surface area contributed by atoms with Gasteiger partial charge in [0.05, 0.1) is 11.1 Å². The van der Waals surface area contributed by atoms with E-state index in [1.54, 1.807) is 0 Å². The molecule has 1 saturated carbocycles. The van der Waals surface area contributed by atoms with E-state index in [9.17, 15) is 0 Å². The molecule has 1 spiro atoms. The molecular weight excluding hydrogens is 903 g/mol. The highest BCUT2D eigenvalue weighted by Crippen LogP contribution is 2.64. The third-order valence-electron chi connectivity index (χ3n) is 18.5. The zero-order valence-corrected chi connectivity index (χ0v) is 44.0. The van der Waals surface area contributed by atoms with Gasteiger partial charge in [-0.3, -0.25) is 0 Å². The standard InChI is InChI=1S/C74H63N/c1-47(49-33-35-52(36-34-49)50-20-9-7-10-21-50)32-40-56-48(2)74(64-28-17-14-24-57(56)64)65-29-18-15-26-62(65)71-66(74)30-19-31-70(71)75(54-38-42-60-58-25-13-16-27-63(58)72(3,4)68(60)45-54)55-39-43-61-59-41-37-53(51-22-11-8-12-23-51)44-67(59)73(5,6)69(61)46-55/h8,11-19,22-46,50H,1,7,9-10,20-21H2,2-6H3/b40-32-. The minimum atomic E-state index is -0.494. The van der Waals surface area contributed by atoms with Crippen LogP contribution in [0.15, 0.2) is 224 Å². The largest absolute Gasteiger partial charge is 0.310 e. The first-order chi connectivity index (χ1) is 36.5. The second-order valence-corrected chi connectivity index (χ2v) is 23.1. The molecule has 1 nitrogen and oxygen atoms in total. The summed E-state index contributed by atoms with van der Waals surface area (Å²) in [5, 5.41) is 0. The van der Waals surface area contributed by atoms with Crippen LogP contribution in [0.25, 0.3) is 55.7 Å². The number of allylic oxidation sites excluding steroid dienone is 5.